The second kappa shape index (κ2) is 13.4. The second-order valence-corrected chi connectivity index (χ2v) is 12.5. The van der Waals surface area contributed by atoms with Gasteiger partial charge in [-0.1, -0.05) is 12.1 Å². The predicted octanol–water partition coefficient (Wildman–Crippen LogP) is 4.38. The largest absolute Gasteiger partial charge is 0.351 e. The number of aliphatic imine (C=N–C) groups is 2. The molecule has 5 rings (SSSR count). The fourth-order valence-electron chi connectivity index (χ4n) is 6.70. The Kier molecular flexibility index (Phi) is 9.66. The lowest BCUT2D eigenvalue weighted by Crippen LogP contribution is -2.45. The van der Waals surface area contributed by atoms with Gasteiger partial charge in [-0.15, -0.1) is 0 Å². The lowest BCUT2D eigenvalue weighted by atomic mass is 9.71. The molecule has 43 heavy (non-hydrogen) atoms. The summed E-state index contributed by atoms with van der Waals surface area (Å²) in [5, 5.41) is 7.48. The van der Waals surface area contributed by atoms with Crippen molar-refractivity contribution in [3.8, 4) is 0 Å². The van der Waals surface area contributed by atoms with E-state index in [9.17, 15) is 4.39 Å². The van der Waals surface area contributed by atoms with Crippen LogP contribution in [-0.4, -0.2) is 64.7 Å². The average Bonchev–Trinajstić information content (AvgIpc) is 3.53. The van der Waals surface area contributed by atoms with Gasteiger partial charge >= 0.3 is 0 Å². The number of allylic oxidation sites excluding steroid dienone is 3. The lowest BCUT2D eigenvalue weighted by molar-refractivity contribution is 0.0701. The number of aryl methyl sites for hydroxylation is 1. The molecule has 0 atom stereocenters. The van der Waals surface area contributed by atoms with E-state index in [1.165, 1.54) is 31.2 Å². The molecule has 0 saturated carbocycles. The number of piperidine rings is 2. The summed E-state index contributed by atoms with van der Waals surface area (Å²) >= 11 is 0. The van der Waals surface area contributed by atoms with Gasteiger partial charge in [0.05, 0.1) is 11.5 Å². The van der Waals surface area contributed by atoms with Crippen LogP contribution < -0.4 is 21.3 Å². The van der Waals surface area contributed by atoms with Crippen molar-refractivity contribution < 1.29 is 8.78 Å². The normalized spacial score (nSPS) is 21.8. The first-order valence-corrected chi connectivity index (χ1v) is 15.3. The lowest BCUT2D eigenvalue weighted by Gasteiger charge is -2.44. The van der Waals surface area contributed by atoms with Gasteiger partial charge in [-0.05, 0) is 109 Å². The zero-order chi connectivity index (χ0) is 30.5. The molecular formula is C33H44F2N8. The molecule has 0 bridgehead atoms. The van der Waals surface area contributed by atoms with Crippen LogP contribution in [0.5, 0.6) is 0 Å². The summed E-state index contributed by atoms with van der Waals surface area (Å²) in [6.07, 6.45) is 13.7. The van der Waals surface area contributed by atoms with Crippen molar-refractivity contribution in [3.63, 3.8) is 0 Å². The van der Waals surface area contributed by atoms with Crippen molar-refractivity contribution in [3.05, 3.63) is 64.1 Å². The molecule has 2 fully saturated rings. The van der Waals surface area contributed by atoms with E-state index in [0.717, 1.165) is 57.6 Å². The molecule has 0 unspecified atom stereocenters. The minimum Gasteiger partial charge on any atom is -0.351 e. The number of rotatable bonds is 9. The second-order valence-electron chi connectivity index (χ2n) is 12.5. The highest BCUT2D eigenvalue weighted by Gasteiger charge is 2.35. The van der Waals surface area contributed by atoms with Crippen molar-refractivity contribution in [2.24, 2.45) is 15.4 Å². The minimum atomic E-state index is -0.636. The van der Waals surface area contributed by atoms with Gasteiger partial charge in [0.2, 0.25) is 0 Å². The van der Waals surface area contributed by atoms with E-state index in [1.54, 1.807) is 19.1 Å². The molecule has 2 aromatic rings. The third-order valence-corrected chi connectivity index (χ3v) is 9.30. The SMILES string of the molecule is C=N/C=C(/F)C(=NCNc1ccc(CN2CCC3(CCNCC3)CC2)cn1)C(=C/C)/C=c1\c(=C\F)nc2n1C(C)(C)CC2. The number of hydrogen-bond acceptors (Lipinski definition) is 7. The first kappa shape index (κ1) is 30.9. The summed E-state index contributed by atoms with van der Waals surface area (Å²) in [5.74, 6) is 0.838. The van der Waals surface area contributed by atoms with Gasteiger partial charge in [-0.25, -0.2) is 18.7 Å². The van der Waals surface area contributed by atoms with E-state index in [1.807, 2.05) is 16.8 Å². The molecule has 2 saturated heterocycles. The van der Waals surface area contributed by atoms with Gasteiger partial charge in [-0.3, -0.25) is 14.9 Å². The van der Waals surface area contributed by atoms with Crippen molar-refractivity contribution in [1.82, 2.24) is 24.8 Å². The summed E-state index contributed by atoms with van der Waals surface area (Å²) in [7, 11) is 0. The number of pyridine rings is 1. The number of anilines is 1. The number of likely N-dealkylation sites (tertiary alicyclic amines) is 1. The number of halogens is 2. The first-order valence-electron chi connectivity index (χ1n) is 15.3. The predicted molar refractivity (Wildman–Crippen MR) is 171 cm³/mol. The Bertz CT molecular complexity index is 1500. The molecule has 0 radical (unpaired) electrons. The fraction of sp³-hybridized carbons (Fsp3) is 0.515. The zero-order valence-electron chi connectivity index (χ0n) is 25.7. The highest BCUT2D eigenvalue weighted by molar-refractivity contribution is 6.16. The molecule has 2 aromatic heterocycles. The van der Waals surface area contributed by atoms with Crippen molar-refractivity contribution in [1.29, 1.82) is 0 Å². The van der Waals surface area contributed by atoms with E-state index in [-0.39, 0.29) is 23.3 Å². The van der Waals surface area contributed by atoms with Gasteiger partial charge in [0, 0.05) is 30.3 Å². The third kappa shape index (κ3) is 7.02. The van der Waals surface area contributed by atoms with Crippen LogP contribution in [0.2, 0.25) is 0 Å². The van der Waals surface area contributed by atoms with E-state index in [4.69, 9.17) is 0 Å². The van der Waals surface area contributed by atoms with Gasteiger partial charge in [0.15, 0.2) is 5.83 Å². The number of imidazole rings is 1. The van der Waals surface area contributed by atoms with Crippen LogP contribution >= 0.6 is 0 Å². The number of nitrogens with one attached hydrogen (secondary N) is 2. The fourth-order valence-corrected chi connectivity index (χ4v) is 6.70. The molecule has 8 nitrogen and oxygen atoms in total. The molecule has 0 aliphatic carbocycles. The first-order chi connectivity index (χ1) is 20.8. The van der Waals surface area contributed by atoms with Gasteiger partial charge < -0.3 is 15.2 Å². The highest BCUT2D eigenvalue weighted by atomic mass is 19.1. The zero-order valence-corrected chi connectivity index (χ0v) is 25.7. The Morgan fingerprint density at radius 1 is 1.16 bits per heavy atom. The van der Waals surface area contributed by atoms with Gasteiger partial charge in [0.1, 0.15) is 35.7 Å². The highest BCUT2D eigenvalue weighted by Crippen LogP contribution is 2.39. The van der Waals surface area contributed by atoms with E-state index in [2.05, 4.69) is 62.1 Å². The Morgan fingerprint density at radius 2 is 1.93 bits per heavy atom. The molecule has 230 valence electrons. The maximum absolute atomic E-state index is 15.2. The van der Waals surface area contributed by atoms with E-state index >= 15 is 4.39 Å². The van der Waals surface area contributed by atoms with Crippen LogP contribution in [0.25, 0.3) is 12.4 Å². The topological polar surface area (TPSA) is 82.7 Å². The number of fused-ring (bicyclic) bond motifs is 1. The molecule has 0 aromatic carbocycles. The van der Waals surface area contributed by atoms with Crippen LogP contribution in [-0.2, 0) is 18.5 Å². The van der Waals surface area contributed by atoms with Crippen LogP contribution in [0.15, 0.2) is 52.0 Å². The van der Waals surface area contributed by atoms with Gasteiger partial charge in [0.25, 0.3) is 0 Å². The van der Waals surface area contributed by atoms with Crippen molar-refractivity contribution in [2.75, 3.05) is 38.2 Å². The molecule has 3 aliphatic rings. The Morgan fingerprint density at radius 3 is 2.58 bits per heavy atom. The van der Waals surface area contributed by atoms with Crippen LogP contribution in [0.3, 0.4) is 0 Å². The summed E-state index contributed by atoms with van der Waals surface area (Å²) in [4.78, 5) is 19.7. The summed E-state index contributed by atoms with van der Waals surface area (Å²) in [6, 6.07) is 4.02. The van der Waals surface area contributed by atoms with Crippen LogP contribution in [0.4, 0.5) is 14.6 Å². The summed E-state index contributed by atoms with van der Waals surface area (Å²) < 4.78 is 31.1. The Hall–Kier alpha value is -3.50. The van der Waals surface area contributed by atoms with Crippen molar-refractivity contribution in [2.45, 2.75) is 71.4 Å². The summed E-state index contributed by atoms with van der Waals surface area (Å²) in [5.41, 5.74) is 2.06. The van der Waals surface area contributed by atoms with Crippen LogP contribution in [0.1, 0.15) is 64.3 Å². The summed E-state index contributed by atoms with van der Waals surface area (Å²) in [6.45, 7) is 14.9. The molecule has 1 spiro atoms. The molecule has 10 heteroatoms. The third-order valence-electron chi connectivity index (χ3n) is 9.30. The smallest absolute Gasteiger partial charge is 0.167 e. The van der Waals surface area contributed by atoms with Crippen molar-refractivity contribution >= 4 is 30.7 Å². The Labute approximate surface area is 253 Å². The molecule has 3 aliphatic heterocycles. The number of aromatic nitrogens is 3. The Balaban J connectivity index is 1.27. The minimum absolute atomic E-state index is 0.0896. The van der Waals surface area contributed by atoms with E-state index < -0.39 is 5.83 Å². The maximum atomic E-state index is 15.2. The molecule has 2 N–H and O–H groups in total. The molecule has 5 heterocycles. The number of nitrogens with zero attached hydrogens (tertiary/aromatic N) is 6. The van der Waals surface area contributed by atoms with Crippen LogP contribution in [0, 0.1) is 5.41 Å². The average molecular weight is 591 g/mol. The maximum Gasteiger partial charge on any atom is 0.167 e. The number of hydrogen-bond donors (Lipinski definition) is 2. The molecule has 0 amide bonds. The van der Waals surface area contributed by atoms with Gasteiger partial charge in [-0.2, -0.15) is 0 Å². The van der Waals surface area contributed by atoms with E-state index in [0.29, 0.717) is 28.5 Å². The standard InChI is InChI=1S/C33H44F2N8/c1-5-25(18-28-27(19-34)41-30-8-9-32(2,3)43(28)30)31(26(35)21-36-4)40-23-39-29-7-6-24(20-38-29)22-42-16-12-33(13-17-42)10-14-37-15-11-33/h5-7,18-21,37H,4,8-17,22-23H2,1-3H3,(H,38,39)/b25-5+,26-21+,27-19-,28-18+,40-31?. The monoisotopic (exact) mass is 590 g/mol. The quantitative estimate of drug-likeness (QED) is 0.424. The molecular weight excluding hydrogens is 546 g/mol.